The molecule has 1 saturated heterocycles. The predicted molar refractivity (Wildman–Crippen MR) is 89.8 cm³/mol. The van der Waals surface area contributed by atoms with Crippen molar-refractivity contribution in [2.24, 2.45) is 11.3 Å². The van der Waals surface area contributed by atoms with Crippen molar-refractivity contribution in [3.63, 3.8) is 0 Å². The van der Waals surface area contributed by atoms with Gasteiger partial charge >= 0.3 is 0 Å². The minimum absolute atomic E-state index is 0.211. The zero-order valence-corrected chi connectivity index (χ0v) is 13.9. The molecule has 1 aliphatic heterocycles. The van der Waals surface area contributed by atoms with Crippen LogP contribution in [0.4, 0.5) is 5.69 Å². The van der Waals surface area contributed by atoms with E-state index in [0.717, 1.165) is 44.6 Å². The maximum Gasteiger partial charge on any atom is 0.228 e. The van der Waals surface area contributed by atoms with E-state index in [1.807, 2.05) is 6.07 Å². The second-order valence-corrected chi connectivity index (χ2v) is 7.26. The van der Waals surface area contributed by atoms with Gasteiger partial charge in [-0.25, -0.2) is 0 Å². The van der Waals surface area contributed by atoms with Crippen LogP contribution < -0.4 is 10.6 Å². The lowest BCUT2D eigenvalue weighted by Gasteiger charge is -2.23. The number of carbonyl (C=O) groups is 1. The minimum Gasteiger partial charge on any atom is -0.326 e. The van der Waals surface area contributed by atoms with E-state index < -0.39 is 0 Å². The van der Waals surface area contributed by atoms with Crippen LogP contribution in [0.5, 0.6) is 0 Å². The Bertz CT molecular complexity index is 561. The second-order valence-electron chi connectivity index (χ2n) is 7.26. The molecular formula is C18H27N3O. The molecule has 22 heavy (non-hydrogen) atoms. The third-order valence-corrected chi connectivity index (χ3v) is 5.11. The van der Waals surface area contributed by atoms with Gasteiger partial charge in [-0.15, -0.1) is 0 Å². The normalized spacial score (nSPS) is 22.8. The third kappa shape index (κ3) is 3.18. The smallest absolute Gasteiger partial charge is 0.228 e. The van der Waals surface area contributed by atoms with Gasteiger partial charge < -0.3 is 15.5 Å². The SMILES string of the molecule is Cc1ccc(NC(=O)C2CC23CCNCC3)c(CN(C)C)c1. The lowest BCUT2D eigenvalue weighted by atomic mass is 9.91. The van der Waals surface area contributed by atoms with Gasteiger partial charge in [-0.2, -0.15) is 0 Å². The van der Waals surface area contributed by atoms with Crippen molar-refractivity contribution in [2.45, 2.75) is 32.7 Å². The van der Waals surface area contributed by atoms with Gasteiger partial charge in [0.15, 0.2) is 0 Å². The molecule has 1 saturated carbocycles. The molecule has 2 N–H and O–H groups in total. The average molecular weight is 301 g/mol. The summed E-state index contributed by atoms with van der Waals surface area (Å²) in [5, 5.41) is 6.58. The molecule has 1 atom stereocenters. The van der Waals surface area contributed by atoms with E-state index in [9.17, 15) is 4.79 Å². The fraction of sp³-hybridized carbons (Fsp3) is 0.611. The van der Waals surface area contributed by atoms with Crippen LogP contribution in [0.25, 0.3) is 0 Å². The Morgan fingerprint density at radius 1 is 1.36 bits per heavy atom. The molecule has 0 aromatic heterocycles. The largest absolute Gasteiger partial charge is 0.326 e. The maximum atomic E-state index is 12.6. The van der Waals surface area contributed by atoms with Gasteiger partial charge in [0.2, 0.25) is 5.91 Å². The van der Waals surface area contributed by atoms with E-state index in [2.05, 4.69) is 48.7 Å². The molecule has 0 bridgehead atoms. The molecule has 0 radical (unpaired) electrons. The van der Waals surface area contributed by atoms with Gasteiger partial charge in [0.25, 0.3) is 0 Å². The van der Waals surface area contributed by atoms with Crippen LogP contribution in [0.15, 0.2) is 18.2 Å². The molecule has 1 spiro atoms. The number of hydrogen-bond donors (Lipinski definition) is 2. The van der Waals surface area contributed by atoms with E-state index in [4.69, 9.17) is 0 Å². The van der Waals surface area contributed by atoms with Crippen molar-refractivity contribution in [3.05, 3.63) is 29.3 Å². The number of carbonyl (C=O) groups excluding carboxylic acids is 1. The summed E-state index contributed by atoms with van der Waals surface area (Å²) in [7, 11) is 4.11. The van der Waals surface area contributed by atoms with E-state index >= 15 is 0 Å². The standard InChI is InChI=1S/C18H27N3O/c1-13-4-5-16(14(10-13)12-21(2)3)20-17(22)15-11-18(15)6-8-19-9-7-18/h4-5,10,15,19H,6-9,11-12H2,1-3H3,(H,20,22). The summed E-state index contributed by atoms with van der Waals surface area (Å²) in [6.45, 7) is 5.05. The van der Waals surface area contributed by atoms with Gasteiger partial charge in [-0.1, -0.05) is 17.7 Å². The lowest BCUT2D eigenvalue weighted by molar-refractivity contribution is -0.118. The number of piperidine rings is 1. The molecule has 1 amide bonds. The van der Waals surface area contributed by atoms with E-state index in [0.29, 0.717) is 5.41 Å². The van der Waals surface area contributed by atoms with Crippen molar-refractivity contribution in [1.82, 2.24) is 10.2 Å². The number of hydrogen-bond acceptors (Lipinski definition) is 3. The Morgan fingerprint density at radius 2 is 2.09 bits per heavy atom. The maximum absolute atomic E-state index is 12.6. The highest BCUT2D eigenvalue weighted by molar-refractivity contribution is 5.95. The Kier molecular flexibility index (Phi) is 4.24. The first-order chi connectivity index (χ1) is 10.5. The Morgan fingerprint density at radius 3 is 2.77 bits per heavy atom. The van der Waals surface area contributed by atoms with Crippen molar-refractivity contribution in [1.29, 1.82) is 0 Å². The summed E-state index contributed by atoms with van der Waals surface area (Å²) >= 11 is 0. The topological polar surface area (TPSA) is 44.4 Å². The van der Waals surface area contributed by atoms with Crippen LogP contribution in [-0.2, 0) is 11.3 Å². The number of aryl methyl sites for hydroxylation is 1. The summed E-state index contributed by atoms with van der Waals surface area (Å²) in [6, 6.07) is 6.29. The van der Waals surface area contributed by atoms with E-state index in [1.165, 1.54) is 11.1 Å². The third-order valence-electron chi connectivity index (χ3n) is 5.11. The van der Waals surface area contributed by atoms with Crippen LogP contribution in [-0.4, -0.2) is 38.0 Å². The first-order valence-corrected chi connectivity index (χ1v) is 8.26. The molecule has 1 heterocycles. The Balaban J connectivity index is 1.69. The van der Waals surface area contributed by atoms with Crippen LogP contribution in [0.3, 0.4) is 0 Å². The zero-order chi connectivity index (χ0) is 15.7. The Hall–Kier alpha value is -1.39. The fourth-order valence-electron chi connectivity index (χ4n) is 3.73. The second kappa shape index (κ2) is 6.01. The number of rotatable bonds is 4. The average Bonchev–Trinajstić information content (AvgIpc) is 3.15. The van der Waals surface area contributed by atoms with E-state index in [1.54, 1.807) is 0 Å². The predicted octanol–water partition coefficient (Wildman–Crippen LogP) is 2.38. The molecular weight excluding hydrogens is 274 g/mol. The highest BCUT2D eigenvalue weighted by atomic mass is 16.2. The van der Waals surface area contributed by atoms with Gasteiger partial charge in [0, 0.05) is 18.2 Å². The summed E-state index contributed by atoms with van der Waals surface area (Å²) < 4.78 is 0. The molecule has 2 aliphatic rings. The zero-order valence-electron chi connectivity index (χ0n) is 13.9. The van der Waals surface area contributed by atoms with Crippen LogP contribution in [0, 0.1) is 18.3 Å². The number of anilines is 1. The summed E-state index contributed by atoms with van der Waals surface area (Å²) in [4.78, 5) is 14.8. The van der Waals surface area contributed by atoms with Crippen molar-refractivity contribution in [2.75, 3.05) is 32.5 Å². The molecule has 1 aliphatic carbocycles. The summed E-state index contributed by atoms with van der Waals surface area (Å²) in [5.41, 5.74) is 3.69. The summed E-state index contributed by atoms with van der Waals surface area (Å²) in [6.07, 6.45) is 3.35. The van der Waals surface area contributed by atoms with Crippen molar-refractivity contribution < 1.29 is 4.79 Å². The highest BCUT2D eigenvalue weighted by Gasteiger charge is 2.57. The molecule has 1 aromatic carbocycles. The van der Waals surface area contributed by atoms with Crippen LogP contribution >= 0.6 is 0 Å². The molecule has 1 aromatic rings. The van der Waals surface area contributed by atoms with Gasteiger partial charge in [-0.05, 0) is 70.4 Å². The minimum atomic E-state index is 0.211. The van der Waals surface area contributed by atoms with E-state index in [-0.39, 0.29) is 11.8 Å². The first-order valence-electron chi connectivity index (χ1n) is 8.26. The highest BCUT2D eigenvalue weighted by Crippen LogP contribution is 2.58. The number of benzene rings is 1. The number of nitrogens with zero attached hydrogens (tertiary/aromatic N) is 1. The molecule has 1 unspecified atom stereocenters. The molecule has 4 nitrogen and oxygen atoms in total. The Labute approximate surface area is 133 Å². The fourth-order valence-corrected chi connectivity index (χ4v) is 3.73. The van der Waals surface area contributed by atoms with Gasteiger partial charge in [-0.3, -0.25) is 4.79 Å². The molecule has 2 fully saturated rings. The first kappa shape index (κ1) is 15.5. The quantitative estimate of drug-likeness (QED) is 0.897. The van der Waals surface area contributed by atoms with Gasteiger partial charge in [0.1, 0.15) is 0 Å². The summed E-state index contributed by atoms with van der Waals surface area (Å²) in [5.74, 6) is 0.425. The van der Waals surface area contributed by atoms with Crippen LogP contribution in [0.2, 0.25) is 0 Å². The van der Waals surface area contributed by atoms with Crippen molar-refractivity contribution in [3.8, 4) is 0 Å². The molecule has 3 rings (SSSR count). The molecule has 120 valence electrons. The monoisotopic (exact) mass is 301 g/mol. The molecule has 4 heteroatoms. The number of nitrogens with one attached hydrogen (secondary N) is 2. The van der Waals surface area contributed by atoms with Gasteiger partial charge in [0.05, 0.1) is 0 Å². The lowest BCUT2D eigenvalue weighted by Crippen LogP contribution is -2.31. The van der Waals surface area contributed by atoms with Crippen molar-refractivity contribution >= 4 is 11.6 Å². The van der Waals surface area contributed by atoms with Crippen LogP contribution in [0.1, 0.15) is 30.4 Å². The number of amides is 1.